The van der Waals surface area contributed by atoms with E-state index in [1.165, 1.54) is 0 Å². The number of sulfonamides is 1. The van der Waals surface area contributed by atoms with Crippen molar-refractivity contribution in [2.75, 3.05) is 5.73 Å². The lowest BCUT2D eigenvalue weighted by Gasteiger charge is -2.11. The molecule has 21 heavy (non-hydrogen) atoms. The lowest BCUT2D eigenvalue weighted by molar-refractivity contribution is 0.580. The van der Waals surface area contributed by atoms with Crippen molar-refractivity contribution in [2.24, 2.45) is 0 Å². The molecule has 2 aromatic rings. The molecule has 6 nitrogen and oxygen atoms in total. The lowest BCUT2D eigenvalue weighted by Crippen LogP contribution is -2.25. The summed E-state index contributed by atoms with van der Waals surface area (Å²) in [6.45, 7) is 5.58. The number of rotatable bonds is 4. The van der Waals surface area contributed by atoms with Crippen molar-refractivity contribution in [3.63, 3.8) is 0 Å². The van der Waals surface area contributed by atoms with E-state index in [4.69, 9.17) is 5.73 Å². The Bertz CT molecular complexity index is 773. The summed E-state index contributed by atoms with van der Waals surface area (Å²) in [5.74, 6) is 0.595. The Labute approximate surface area is 124 Å². The van der Waals surface area contributed by atoms with Gasteiger partial charge < -0.3 is 5.73 Å². The zero-order chi connectivity index (χ0) is 15.6. The number of aryl methyl sites for hydroxylation is 3. The average Bonchev–Trinajstić information content (AvgIpc) is 2.41. The monoisotopic (exact) mass is 306 g/mol. The highest BCUT2D eigenvalue weighted by Crippen LogP contribution is 2.22. The second-order valence-electron chi connectivity index (χ2n) is 4.89. The molecule has 3 N–H and O–H groups in total. The van der Waals surface area contributed by atoms with Crippen molar-refractivity contribution < 1.29 is 8.42 Å². The van der Waals surface area contributed by atoms with Crippen LogP contribution in [0.1, 0.15) is 22.6 Å². The van der Waals surface area contributed by atoms with Gasteiger partial charge in [0.2, 0.25) is 10.0 Å². The Kier molecular flexibility index (Phi) is 4.24. The zero-order valence-electron chi connectivity index (χ0n) is 12.2. The highest BCUT2D eigenvalue weighted by molar-refractivity contribution is 7.89. The first-order chi connectivity index (χ1) is 9.79. The van der Waals surface area contributed by atoms with Crippen molar-refractivity contribution in [1.82, 2.24) is 14.7 Å². The van der Waals surface area contributed by atoms with Crippen LogP contribution in [0, 0.1) is 20.8 Å². The summed E-state index contributed by atoms with van der Waals surface area (Å²) in [7, 11) is -3.68. The second-order valence-corrected chi connectivity index (χ2v) is 6.63. The number of nitrogens with zero attached hydrogens (tertiary/aromatic N) is 2. The van der Waals surface area contributed by atoms with E-state index in [2.05, 4.69) is 14.7 Å². The zero-order valence-corrected chi connectivity index (χ0v) is 13.0. The molecule has 0 fully saturated rings. The number of anilines is 1. The van der Waals surface area contributed by atoms with Crippen molar-refractivity contribution in [3.05, 3.63) is 47.0 Å². The van der Waals surface area contributed by atoms with Gasteiger partial charge in [-0.1, -0.05) is 0 Å². The van der Waals surface area contributed by atoms with Gasteiger partial charge in [0.25, 0.3) is 0 Å². The van der Waals surface area contributed by atoms with Gasteiger partial charge in [0.05, 0.1) is 17.9 Å². The Morgan fingerprint density at radius 2 is 1.86 bits per heavy atom. The average molecular weight is 306 g/mol. The minimum atomic E-state index is -3.68. The lowest BCUT2D eigenvalue weighted by atomic mass is 10.1. The molecule has 0 aliphatic carbocycles. The summed E-state index contributed by atoms with van der Waals surface area (Å²) in [6, 6.07) is 4.91. The van der Waals surface area contributed by atoms with Crippen molar-refractivity contribution in [2.45, 2.75) is 32.2 Å². The Morgan fingerprint density at radius 3 is 2.52 bits per heavy atom. The molecule has 0 spiro atoms. The molecule has 2 rings (SSSR count). The predicted octanol–water partition coefficient (Wildman–Crippen LogP) is 1.46. The normalized spacial score (nSPS) is 11.6. The Hall–Kier alpha value is -1.99. The Balaban J connectivity index is 2.25. The van der Waals surface area contributed by atoms with E-state index in [0.29, 0.717) is 11.5 Å². The molecular weight excluding hydrogens is 288 g/mol. The number of hydrogen-bond acceptors (Lipinski definition) is 5. The van der Waals surface area contributed by atoms with Gasteiger partial charge >= 0.3 is 0 Å². The minimum Gasteiger partial charge on any atom is -0.398 e. The van der Waals surface area contributed by atoms with Gasteiger partial charge in [-0.2, -0.15) is 0 Å². The molecule has 7 heteroatoms. The molecule has 1 aromatic heterocycles. The summed E-state index contributed by atoms with van der Waals surface area (Å²) >= 11 is 0. The predicted molar refractivity (Wildman–Crippen MR) is 81.1 cm³/mol. The standard InChI is InChI=1S/C14H18N4O2S/c1-9-6-13(15)14(7-10(9)2)21(19,20)17-8-12-4-5-16-11(3)18-12/h4-7,17H,8,15H2,1-3H3. The molecule has 1 aromatic carbocycles. The first-order valence-corrected chi connectivity index (χ1v) is 7.93. The van der Waals surface area contributed by atoms with Gasteiger partial charge in [0.1, 0.15) is 10.7 Å². The van der Waals surface area contributed by atoms with E-state index in [-0.39, 0.29) is 17.1 Å². The molecule has 0 amide bonds. The molecule has 0 unspecified atom stereocenters. The smallest absolute Gasteiger partial charge is 0.242 e. The highest BCUT2D eigenvalue weighted by atomic mass is 32.2. The van der Waals surface area contributed by atoms with Crippen LogP contribution in [-0.2, 0) is 16.6 Å². The van der Waals surface area contributed by atoms with Gasteiger partial charge in [-0.25, -0.2) is 23.1 Å². The molecule has 0 aliphatic rings. The SMILES string of the molecule is Cc1nccc(CNS(=O)(=O)c2cc(C)c(C)cc2N)n1. The molecule has 0 aliphatic heterocycles. The van der Waals surface area contributed by atoms with Crippen LogP contribution < -0.4 is 10.5 Å². The minimum absolute atomic E-state index is 0.0939. The van der Waals surface area contributed by atoms with Crippen molar-refractivity contribution >= 4 is 15.7 Å². The molecular formula is C14H18N4O2S. The molecule has 0 radical (unpaired) electrons. The fraction of sp³-hybridized carbons (Fsp3) is 0.286. The van der Waals surface area contributed by atoms with E-state index in [1.54, 1.807) is 31.3 Å². The van der Waals surface area contributed by atoms with Crippen LogP contribution >= 0.6 is 0 Å². The largest absolute Gasteiger partial charge is 0.398 e. The number of nitrogens with one attached hydrogen (secondary N) is 1. The third kappa shape index (κ3) is 3.56. The fourth-order valence-corrected chi connectivity index (χ4v) is 3.09. The van der Waals surface area contributed by atoms with Crippen LogP contribution in [0.2, 0.25) is 0 Å². The van der Waals surface area contributed by atoms with Crippen LogP contribution in [0.15, 0.2) is 29.3 Å². The van der Waals surface area contributed by atoms with Gasteiger partial charge in [-0.3, -0.25) is 0 Å². The number of nitrogen functional groups attached to an aromatic ring is 1. The van der Waals surface area contributed by atoms with E-state index in [9.17, 15) is 8.42 Å². The van der Waals surface area contributed by atoms with Crippen LogP contribution in [-0.4, -0.2) is 18.4 Å². The second kappa shape index (κ2) is 5.79. The maximum atomic E-state index is 12.3. The third-order valence-electron chi connectivity index (χ3n) is 3.19. The fourth-order valence-electron chi connectivity index (χ4n) is 1.90. The third-order valence-corrected chi connectivity index (χ3v) is 4.65. The number of benzene rings is 1. The van der Waals surface area contributed by atoms with Crippen molar-refractivity contribution in [1.29, 1.82) is 0 Å². The summed E-state index contributed by atoms with van der Waals surface area (Å²) in [5, 5.41) is 0. The molecule has 112 valence electrons. The number of nitrogens with two attached hydrogens (primary N) is 1. The molecule has 0 atom stereocenters. The number of aromatic nitrogens is 2. The van der Waals surface area contributed by atoms with Gasteiger partial charge in [-0.05, 0) is 50.1 Å². The van der Waals surface area contributed by atoms with E-state index in [0.717, 1.165) is 11.1 Å². The summed E-state index contributed by atoms with van der Waals surface area (Å²) in [6.07, 6.45) is 1.59. The molecule has 0 saturated carbocycles. The van der Waals surface area contributed by atoms with E-state index >= 15 is 0 Å². The van der Waals surface area contributed by atoms with Gasteiger partial charge in [0.15, 0.2) is 0 Å². The molecule has 1 heterocycles. The first kappa shape index (κ1) is 15.4. The van der Waals surface area contributed by atoms with E-state index < -0.39 is 10.0 Å². The van der Waals surface area contributed by atoms with Crippen molar-refractivity contribution in [3.8, 4) is 0 Å². The van der Waals surface area contributed by atoms with Crippen LogP contribution in [0.5, 0.6) is 0 Å². The van der Waals surface area contributed by atoms with Crippen LogP contribution in [0.3, 0.4) is 0 Å². The maximum absolute atomic E-state index is 12.3. The van der Waals surface area contributed by atoms with Gasteiger partial charge in [-0.15, -0.1) is 0 Å². The highest BCUT2D eigenvalue weighted by Gasteiger charge is 2.18. The summed E-state index contributed by atoms with van der Waals surface area (Å²) in [5.41, 5.74) is 8.50. The van der Waals surface area contributed by atoms with E-state index in [1.807, 2.05) is 13.8 Å². The molecule has 0 bridgehead atoms. The maximum Gasteiger partial charge on any atom is 0.242 e. The quantitative estimate of drug-likeness (QED) is 0.833. The molecule has 0 saturated heterocycles. The van der Waals surface area contributed by atoms with Crippen LogP contribution in [0.4, 0.5) is 5.69 Å². The van der Waals surface area contributed by atoms with Gasteiger partial charge in [0, 0.05) is 6.20 Å². The topological polar surface area (TPSA) is 98.0 Å². The Morgan fingerprint density at radius 1 is 1.19 bits per heavy atom. The summed E-state index contributed by atoms with van der Waals surface area (Å²) < 4.78 is 27.2. The first-order valence-electron chi connectivity index (χ1n) is 6.44. The number of hydrogen-bond donors (Lipinski definition) is 2. The summed E-state index contributed by atoms with van der Waals surface area (Å²) in [4.78, 5) is 8.22. The van der Waals surface area contributed by atoms with Crippen LogP contribution in [0.25, 0.3) is 0 Å².